The van der Waals surface area contributed by atoms with Gasteiger partial charge in [-0.2, -0.15) is 0 Å². The third-order valence-electron chi connectivity index (χ3n) is 4.55. The van der Waals surface area contributed by atoms with Gasteiger partial charge in [-0.1, -0.05) is 19.9 Å². The predicted octanol–water partition coefficient (Wildman–Crippen LogP) is 3.68. The van der Waals surface area contributed by atoms with Crippen LogP contribution in [0.2, 0.25) is 0 Å². The second kappa shape index (κ2) is 9.97. The molecule has 0 amide bonds. The molecule has 1 aliphatic carbocycles. The summed E-state index contributed by atoms with van der Waals surface area (Å²) in [7, 11) is 2.23. The number of hydrogen-bond donors (Lipinski definition) is 2. The van der Waals surface area contributed by atoms with Crippen molar-refractivity contribution in [3.63, 3.8) is 0 Å². The molecular formula is C18H33IN4S. The van der Waals surface area contributed by atoms with E-state index in [1.54, 1.807) is 0 Å². The molecule has 1 aromatic rings. The van der Waals surface area contributed by atoms with Crippen LogP contribution in [0.15, 0.2) is 22.5 Å². The second-order valence-corrected chi connectivity index (χ2v) is 8.13. The molecule has 1 heterocycles. The molecule has 1 atom stereocenters. The van der Waals surface area contributed by atoms with Crippen molar-refractivity contribution in [1.82, 2.24) is 15.5 Å². The first-order chi connectivity index (χ1) is 10.9. The molecule has 2 rings (SSSR count). The summed E-state index contributed by atoms with van der Waals surface area (Å²) in [5, 5.41) is 9.00. The van der Waals surface area contributed by atoms with Crippen LogP contribution < -0.4 is 10.6 Å². The molecule has 0 radical (unpaired) electrons. The van der Waals surface area contributed by atoms with E-state index in [0.717, 1.165) is 31.6 Å². The summed E-state index contributed by atoms with van der Waals surface area (Å²) in [5.41, 5.74) is 0.0763. The number of likely N-dealkylation sites (N-methyl/N-ethyl adjacent to an activating group) is 1. The number of thiophene rings is 1. The lowest BCUT2D eigenvalue weighted by atomic mass is 9.92. The van der Waals surface area contributed by atoms with Crippen molar-refractivity contribution in [1.29, 1.82) is 0 Å². The van der Waals surface area contributed by atoms with E-state index in [9.17, 15) is 0 Å². The van der Waals surface area contributed by atoms with Gasteiger partial charge in [-0.25, -0.2) is 0 Å². The summed E-state index contributed by atoms with van der Waals surface area (Å²) in [6.07, 6.45) is 2.70. The maximum Gasteiger partial charge on any atom is 0.191 e. The first kappa shape index (κ1) is 21.7. The zero-order valence-electron chi connectivity index (χ0n) is 15.6. The van der Waals surface area contributed by atoms with E-state index in [0.29, 0.717) is 6.04 Å². The zero-order valence-corrected chi connectivity index (χ0v) is 18.8. The first-order valence-corrected chi connectivity index (χ1v) is 9.60. The summed E-state index contributed by atoms with van der Waals surface area (Å²) < 4.78 is 0. The maximum absolute atomic E-state index is 4.82. The average molecular weight is 464 g/mol. The Hall–Kier alpha value is -0.340. The quantitative estimate of drug-likeness (QED) is 0.350. The molecule has 1 fully saturated rings. The molecule has 1 saturated carbocycles. The normalized spacial score (nSPS) is 16.7. The highest BCUT2D eigenvalue weighted by Gasteiger charge is 2.29. The molecule has 24 heavy (non-hydrogen) atoms. The second-order valence-electron chi connectivity index (χ2n) is 7.18. The molecule has 0 bridgehead atoms. The lowest BCUT2D eigenvalue weighted by molar-refractivity contribution is 0.247. The summed E-state index contributed by atoms with van der Waals surface area (Å²) in [5.74, 6) is 0.924. The molecule has 0 saturated heterocycles. The smallest absolute Gasteiger partial charge is 0.191 e. The molecular weight excluding hydrogens is 431 g/mol. The monoisotopic (exact) mass is 464 g/mol. The van der Waals surface area contributed by atoms with Crippen LogP contribution in [0.25, 0.3) is 0 Å². The van der Waals surface area contributed by atoms with Crippen LogP contribution in [0.1, 0.15) is 45.4 Å². The fraction of sp³-hybridized carbons (Fsp3) is 0.722. The average Bonchev–Trinajstić information content (AvgIpc) is 3.22. The van der Waals surface area contributed by atoms with Crippen LogP contribution >= 0.6 is 35.3 Å². The van der Waals surface area contributed by atoms with Crippen molar-refractivity contribution in [3.05, 3.63) is 22.4 Å². The highest BCUT2D eigenvalue weighted by Crippen LogP contribution is 2.28. The first-order valence-electron chi connectivity index (χ1n) is 8.72. The molecule has 1 aromatic heterocycles. The molecule has 0 spiro atoms. The fourth-order valence-corrected chi connectivity index (χ4v) is 3.43. The number of aliphatic imine (C=N–C) groups is 1. The van der Waals surface area contributed by atoms with Crippen LogP contribution in [0.4, 0.5) is 0 Å². The van der Waals surface area contributed by atoms with E-state index >= 15 is 0 Å². The number of halogens is 1. The van der Waals surface area contributed by atoms with Crippen LogP contribution in [-0.2, 0) is 5.41 Å². The van der Waals surface area contributed by atoms with Gasteiger partial charge in [-0.15, -0.1) is 35.3 Å². The predicted molar refractivity (Wildman–Crippen MR) is 117 cm³/mol. The van der Waals surface area contributed by atoms with Crippen molar-refractivity contribution in [3.8, 4) is 0 Å². The number of nitrogens with one attached hydrogen (secondary N) is 2. The lowest BCUT2D eigenvalue weighted by Gasteiger charge is -2.26. The molecule has 4 nitrogen and oxygen atoms in total. The molecule has 0 aliphatic heterocycles. The summed E-state index contributed by atoms with van der Waals surface area (Å²) in [6.45, 7) is 11.5. The van der Waals surface area contributed by atoms with Gasteiger partial charge in [-0.3, -0.25) is 9.89 Å². The van der Waals surface area contributed by atoms with E-state index in [4.69, 9.17) is 4.99 Å². The van der Waals surface area contributed by atoms with E-state index in [1.165, 1.54) is 17.7 Å². The SMILES string of the molecule is CCNC(=NCC(C)(C)c1cccs1)NCC(C)N(C)C1CC1.I. The number of hydrogen-bond acceptors (Lipinski definition) is 3. The Morgan fingerprint density at radius 3 is 2.67 bits per heavy atom. The van der Waals surface area contributed by atoms with Crippen LogP contribution in [0.5, 0.6) is 0 Å². The van der Waals surface area contributed by atoms with Gasteiger partial charge in [0.1, 0.15) is 0 Å². The van der Waals surface area contributed by atoms with E-state index in [1.807, 2.05) is 11.3 Å². The van der Waals surface area contributed by atoms with Gasteiger partial charge in [0.2, 0.25) is 0 Å². The minimum Gasteiger partial charge on any atom is -0.357 e. The summed E-state index contributed by atoms with van der Waals surface area (Å²) in [6, 6.07) is 5.64. The topological polar surface area (TPSA) is 39.7 Å². The van der Waals surface area contributed by atoms with Crippen molar-refractivity contribution in [2.45, 2.75) is 58.0 Å². The Kier molecular flexibility index (Phi) is 9.01. The molecule has 1 aliphatic rings. The highest BCUT2D eigenvalue weighted by molar-refractivity contribution is 14.0. The summed E-state index contributed by atoms with van der Waals surface area (Å²) in [4.78, 5) is 8.68. The number of rotatable bonds is 8. The van der Waals surface area contributed by atoms with Gasteiger partial charge in [0.15, 0.2) is 5.96 Å². The molecule has 6 heteroatoms. The Morgan fingerprint density at radius 2 is 2.12 bits per heavy atom. The minimum atomic E-state index is 0. The van der Waals surface area contributed by atoms with Gasteiger partial charge in [0.25, 0.3) is 0 Å². The van der Waals surface area contributed by atoms with Gasteiger partial charge in [0, 0.05) is 35.5 Å². The summed E-state index contributed by atoms with van der Waals surface area (Å²) >= 11 is 1.81. The Morgan fingerprint density at radius 1 is 1.42 bits per heavy atom. The highest BCUT2D eigenvalue weighted by atomic mass is 127. The Labute approximate surface area is 168 Å². The van der Waals surface area contributed by atoms with Crippen LogP contribution in [0, 0.1) is 0 Å². The van der Waals surface area contributed by atoms with Crippen molar-refractivity contribution in [2.75, 3.05) is 26.7 Å². The minimum absolute atomic E-state index is 0. The maximum atomic E-state index is 4.82. The zero-order chi connectivity index (χ0) is 16.9. The van der Waals surface area contributed by atoms with Gasteiger partial charge in [-0.05, 0) is 45.2 Å². The molecule has 138 valence electrons. The van der Waals surface area contributed by atoms with Crippen molar-refractivity contribution >= 4 is 41.3 Å². The van der Waals surface area contributed by atoms with E-state index < -0.39 is 0 Å². The van der Waals surface area contributed by atoms with Crippen LogP contribution in [0.3, 0.4) is 0 Å². The standard InChI is InChI=1S/C18H32N4S.HI/c1-6-19-17(20-12-14(2)22(5)15-9-10-15)21-13-18(3,4)16-8-7-11-23-16;/h7-8,11,14-15H,6,9-10,12-13H2,1-5H3,(H2,19,20,21);1H. The third-order valence-corrected chi connectivity index (χ3v) is 5.78. The fourth-order valence-electron chi connectivity index (χ4n) is 2.59. The number of nitrogens with zero attached hydrogens (tertiary/aromatic N) is 2. The van der Waals surface area contributed by atoms with Crippen LogP contribution in [-0.4, -0.2) is 49.6 Å². The Balaban J connectivity index is 0.00000288. The lowest BCUT2D eigenvalue weighted by Crippen LogP contribution is -2.45. The van der Waals surface area contributed by atoms with Crippen molar-refractivity contribution in [2.24, 2.45) is 4.99 Å². The molecule has 0 aromatic carbocycles. The van der Waals surface area contributed by atoms with Gasteiger partial charge in [0.05, 0.1) is 6.54 Å². The molecule has 1 unspecified atom stereocenters. The number of guanidine groups is 1. The van der Waals surface area contributed by atoms with Gasteiger partial charge >= 0.3 is 0 Å². The van der Waals surface area contributed by atoms with Crippen molar-refractivity contribution < 1.29 is 0 Å². The van der Waals surface area contributed by atoms with Gasteiger partial charge < -0.3 is 10.6 Å². The third kappa shape index (κ3) is 6.52. The Bertz CT molecular complexity index is 497. The molecule has 2 N–H and O–H groups in total. The van der Waals surface area contributed by atoms with E-state index in [-0.39, 0.29) is 29.4 Å². The largest absolute Gasteiger partial charge is 0.357 e. The van der Waals surface area contributed by atoms with E-state index in [2.05, 4.69) is 67.8 Å².